The molecular formula is C27H29N5OS. The molecule has 174 valence electrons. The third-order valence-corrected chi connectivity index (χ3v) is 6.84. The van der Waals surface area contributed by atoms with Crippen molar-refractivity contribution in [3.63, 3.8) is 0 Å². The number of pyridine rings is 1. The number of carbonyl (C=O) groups is 1. The molecule has 34 heavy (non-hydrogen) atoms. The van der Waals surface area contributed by atoms with Gasteiger partial charge in [0, 0.05) is 23.6 Å². The van der Waals surface area contributed by atoms with Gasteiger partial charge in [-0.3, -0.25) is 14.3 Å². The summed E-state index contributed by atoms with van der Waals surface area (Å²) in [5.74, 6) is 0.647. The Labute approximate surface area is 204 Å². The lowest BCUT2D eigenvalue weighted by Crippen LogP contribution is -2.23. The average molecular weight is 472 g/mol. The fourth-order valence-electron chi connectivity index (χ4n) is 3.89. The molecule has 4 aromatic rings. The number of rotatable bonds is 8. The predicted molar refractivity (Wildman–Crippen MR) is 138 cm³/mol. The van der Waals surface area contributed by atoms with E-state index in [1.54, 1.807) is 12.4 Å². The first-order valence-corrected chi connectivity index (χ1v) is 12.4. The first kappa shape index (κ1) is 23.7. The van der Waals surface area contributed by atoms with Crippen LogP contribution in [0.25, 0.3) is 17.1 Å². The van der Waals surface area contributed by atoms with Gasteiger partial charge in [0.2, 0.25) is 5.91 Å². The number of aromatic nitrogens is 4. The molecule has 0 saturated carbocycles. The Hall–Kier alpha value is -3.45. The van der Waals surface area contributed by atoms with Crippen molar-refractivity contribution in [3.05, 3.63) is 83.7 Å². The second kappa shape index (κ2) is 10.7. The summed E-state index contributed by atoms with van der Waals surface area (Å²) in [4.78, 5) is 17.3. The van der Waals surface area contributed by atoms with Crippen molar-refractivity contribution < 1.29 is 4.79 Å². The summed E-state index contributed by atoms with van der Waals surface area (Å²) < 4.78 is 2.09. The van der Waals surface area contributed by atoms with Crippen LogP contribution in [0.3, 0.4) is 0 Å². The van der Waals surface area contributed by atoms with Gasteiger partial charge in [0.15, 0.2) is 11.0 Å². The van der Waals surface area contributed by atoms with Crippen molar-refractivity contribution in [2.24, 2.45) is 0 Å². The number of para-hydroxylation sites is 2. The predicted octanol–water partition coefficient (Wildman–Crippen LogP) is 5.88. The largest absolute Gasteiger partial charge is 0.325 e. The molecule has 1 amide bonds. The quantitative estimate of drug-likeness (QED) is 0.325. The van der Waals surface area contributed by atoms with Crippen LogP contribution in [0.15, 0.2) is 72.1 Å². The number of benzene rings is 2. The summed E-state index contributed by atoms with van der Waals surface area (Å²) in [6.07, 6.45) is 5.29. The summed E-state index contributed by atoms with van der Waals surface area (Å²) in [6, 6.07) is 18.0. The van der Waals surface area contributed by atoms with Gasteiger partial charge >= 0.3 is 0 Å². The van der Waals surface area contributed by atoms with Gasteiger partial charge in [-0.05, 0) is 61.6 Å². The molecule has 0 aliphatic carbocycles. The maximum Gasteiger partial charge on any atom is 0.237 e. The van der Waals surface area contributed by atoms with Crippen molar-refractivity contribution in [1.29, 1.82) is 0 Å². The Morgan fingerprint density at radius 1 is 1.00 bits per heavy atom. The van der Waals surface area contributed by atoms with Gasteiger partial charge in [-0.2, -0.15) is 0 Å². The molecule has 6 nitrogen and oxygen atoms in total. The fraction of sp³-hybridized carbons (Fsp3) is 0.259. The number of carbonyl (C=O) groups excluding carboxylic acids is 1. The van der Waals surface area contributed by atoms with Gasteiger partial charge < -0.3 is 5.32 Å². The SMILES string of the molecule is CCc1cccc(CC)c1-n1c(SC(C)C(=O)Nc2ccccc2C)nnc1-c1cccnc1. The minimum Gasteiger partial charge on any atom is -0.325 e. The van der Waals surface area contributed by atoms with Crippen LogP contribution in [0.2, 0.25) is 0 Å². The molecule has 2 aromatic carbocycles. The highest BCUT2D eigenvalue weighted by Crippen LogP contribution is 2.34. The van der Waals surface area contributed by atoms with E-state index in [9.17, 15) is 4.79 Å². The van der Waals surface area contributed by atoms with E-state index < -0.39 is 0 Å². The molecule has 0 fully saturated rings. The maximum atomic E-state index is 13.0. The normalized spacial score (nSPS) is 11.9. The first-order valence-electron chi connectivity index (χ1n) is 11.5. The summed E-state index contributed by atoms with van der Waals surface area (Å²) in [7, 11) is 0. The van der Waals surface area contributed by atoms with Crippen molar-refractivity contribution in [2.45, 2.75) is 50.9 Å². The van der Waals surface area contributed by atoms with Crippen molar-refractivity contribution >= 4 is 23.4 Å². The van der Waals surface area contributed by atoms with Crippen LogP contribution >= 0.6 is 11.8 Å². The maximum absolute atomic E-state index is 13.0. The summed E-state index contributed by atoms with van der Waals surface area (Å²) in [5.41, 5.74) is 6.24. The molecule has 7 heteroatoms. The molecule has 0 aliphatic rings. The van der Waals surface area contributed by atoms with E-state index in [-0.39, 0.29) is 11.2 Å². The van der Waals surface area contributed by atoms with Crippen LogP contribution in [-0.4, -0.2) is 30.9 Å². The van der Waals surface area contributed by atoms with E-state index in [1.807, 2.05) is 50.2 Å². The number of hydrogen-bond donors (Lipinski definition) is 1. The fourth-order valence-corrected chi connectivity index (χ4v) is 4.74. The minimum absolute atomic E-state index is 0.0729. The van der Waals surface area contributed by atoms with Crippen molar-refractivity contribution in [1.82, 2.24) is 19.7 Å². The first-order chi connectivity index (χ1) is 16.5. The van der Waals surface area contributed by atoms with Crippen LogP contribution in [0, 0.1) is 6.92 Å². The molecule has 0 aliphatic heterocycles. The molecule has 4 rings (SSSR count). The number of nitrogens with one attached hydrogen (secondary N) is 1. The molecule has 2 aromatic heterocycles. The Morgan fingerprint density at radius 3 is 2.38 bits per heavy atom. The molecule has 1 unspecified atom stereocenters. The van der Waals surface area contributed by atoms with E-state index in [1.165, 1.54) is 22.9 Å². The van der Waals surface area contributed by atoms with Gasteiger partial charge in [0.1, 0.15) is 0 Å². The Balaban J connectivity index is 1.75. The molecular weight excluding hydrogens is 442 g/mol. The summed E-state index contributed by atoms with van der Waals surface area (Å²) >= 11 is 1.41. The van der Waals surface area contributed by atoms with Crippen molar-refractivity contribution in [2.75, 3.05) is 5.32 Å². The summed E-state index contributed by atoms with van der Waals surface area (Å²) in [5, 5.41) is 12.4. The Morgan fingerprint density at radius 2 is 1.74 bits per heavy atom. The monoisotopic (exact) mass is 471 g/mol. The zero-order valence-corrected chi connectivity index (χ0v) is 20.8. The molecule has 0 radical (unpaired) electrons. The second-order valence-corrected chi connectivity index (χ2v) is 9.39. The third-order valence-electron chi connectivity index (χ3n) is 5.80. The lowest BCUT2D eigenvalue weighted by Gasteiger charge is -2.19. The lowest BCUT2D eigenvalue weighted by molar-refractivity contribution is -0.115. The standard InChI is InChI=1S/C27H29N5OS/c1-5-20-12-9-13-21(6-2)24(20)32-25(22-14-10-16-28-17-22)30-31-27(32)34-19(4)26(33)29-23-15-8-7-11-18(23)3/h7-17,19H,5-6H2,1-4H3,(H,29,33). The van der Waals surface area contributed by atoms with E-state index in [0.717, 1.165) is 41.2 Å². The third kappa shape index (κ3) is 4.89. The number of thioether (sulfide) groups is 1. The molecule has 0 bridgehead atoms. The second-order valence-electron chi connectivity index (χ2n) is 8.08. The van der Waals surface area contributed by atoms with Crippen molar-refractivity contribution in [3.8, 4) is 17.1 Å². The van der Waals surface area contributed by atoms with Crippen LogP contribution in [-0.2, 0) is 17.6 Å². The van der Waals surface area contributed by atoms with Gasteiger partial charge in [0.05, 0.1) is 10.9 Å². The number of anilines is 1. The highest BCUT2D eigenvalue weighted by molar-refractivity contribution is 8.00. The smallest absolute Gasteiger partial charge is 0.237 e. The zero-order valence-electron chi connectivity index (χ0n) is 19.9. The Kier molecular flexibility index (Phi) is 7.43. The average Bonchev–Trinajstić information content (AvgIpc) is 3.28. The van der Waals surface area contributed by atoms with Gasteiger partial charge in [-0.25, -0.2) is 0 Å². The zero-order chi connectivity index (χ0) is 24.1. The molecule has 0 saturated heterocycles. The van der Waals surface area contributed by atoms with E-state index in [0.29, 0.717) is 5.16 Å². The molecule has 2 heterocycles. The highest BCUT2D eigenvalue weighted by atomic mass is 32.2. The van der Waals surface area contributed by atoms with Crippen LogP contribution in [0.1, 0.15) is 37.5 Å². The van der Waals surface area contributed by atoms with Gasteiger partial charge in [-0.1, -0.05) is 62.0 Å². The van der Waals surface area contributed by atoms with Crippen LogP contribution < -0.4 is 5.32 Å². The number of hydrogen-bond acceptors (Lipinski definition) is 5. The number of nitrogens with zero attached hydrogens (tertiary/aromatic N) is 4. The highest BCUT2D eigenvalue weighted by Gasteiger charge is 2.24. The minimum atomic E-state index is -0.372. The number of amides is 1. The number of aryl methyl sites for hydroxylation is 3. The lowest BCUT2D eigenvalue weighted by atomic mass is 10.0. The van der Waals surface area contributed by atoms with E-state index in [2.05, 4.69) is 57.1 Å². The summed E-state index contributed by atoms with van der Waals surface area (Å²) in [6.45, 7) is 8.18. The van der Waals surface area contributed by atoms with Crippen LogP contribution in [0.4, 0.5) is 5.69 Å². The molecule has 0 spiro atoms. The Bertz CT molecular complexity index is 1260. The molecule has 1 N–H and O–H groups in total. The van der Waals surface area contributed by atoms with E-state index in [4.69, 9.17) is 0 Å². The van der Waals surface area contributed by atoms with Crippen LogP contribution in [0.5, 0.6) is 0 Å². The van der Waals surface area contributed by atoms with Gasteiger partial charge in [-0.15, -0.1) is 10.2 Å². The van der Waals surface area contributed by atoms with E-state index >= 15 is 0 Å². The topological polar surface area (TPSA) is 72.7 Å². The van der Waals surface area contributed by atoms with Gasteiger partial charge in [0.25, 0.3) is 0 Å². The molecule has 1 atom stereocenters.